The van der Waals surface area contributed by atoms with Crippen LogP contribution in [-0.2, 0) is 14.2 Å². The Morgan fingerprint density at radius 2 is 1.27 bits per heavy atom. The Labute approximate surface area is 295 Å². The molecule has 6 aromatic rings. The van der Waals surface area contributed by atoms with Gasteiger partial charge >= 0.3 is 11.9 Å². The lowest BCUT2D eigenvalue weighted by Gasteiger charge is -2.24. The number of carbonyl (C=O) groups excluding carboxylic acids is 4. The molecule has 4 atom stereocenters. The van der Waals surface area contributed by atoms with Gasteiger partial charge in [0, 0.05) is 11.1 Å². The molecule has 0 spiro atoms. The highest BCUT2D eigenvalue weighted by atomic mass is 32.2. The van der Waals surface area contributed by atoms with Crippen molar-refractivity contribution in [1.82, 2.24) is 19.5 Å². The number of nitrogens with one attached hydrogen (secondary N) is 1. The molecular weight excluding hydrogens is 671 g/mol. The number of amides is 1. The third kappa shape index (κ3) is 7.39. The summed E-state index contributed by atoms with van der Waals surface area (Å²) in [5.74, 6) is -1.47. The summed E-state index contributed by atoms with van der Waals surface area (Å²) in [5, 5.41) is 1.63. The minimum atomic E-state index is -1.11. The molecule has 2 aromatic heterocycles. The smallest absolute Gasteiger partial charge is 0.338 e. The quantitative estimate of drug-likeness (QED) is 0.168. The predicted molar refractivity (Wildman–Crippen MR) is 188 cm³/mol. The molecule has 51 heavy (non-hydrogen) atoms. The molecule has 0 aliphatic carbocycles. The molecule has 3 heterocycles. The van der Waals surface area contributed by atoms with Gasteiger partial charge in [-0.15, -0.1) is 0 Å². The summed E-state index contributed by atoms with van der Waals surface area (Å²) >= 11 is 0.921. The van der Waals surface area contributed by atoms with Gasteiger partial charge in [-0.05, 0) is 36.4 Å². The number of aromatic nitrogens is 4. The number of hydrogen-bond acceptors (Lipinski definition) is 11. The van der Waals surface area contributed by atoms with Crippen LogP contribution >= 0.6 is 11.8 Å². The number of hydrogen-bond donors (Lipinski definition) is 1. The van der Waals surface area contributed by atoms with Gasteiger partial charge < -0.3 is 19.5 Å². The van der Waals surface area contributed by atoms with Crippen molar-refractivity contribution in [3.05, 3.63) is 156 Å². The number of esters is 2. The van der Waals surface area contributed by atoms with Gasteiger partial charge in [0.1, 0.15) is 19.0 Å². The standard InChI is InChI=1S/C38H29N5O7S/c44-34(24-13-5-1-6-14-24)42-32-29-33(40-22-39-32)43(23-41-29)35-30(50-37(46)26-17-9-3-10-18-26)31(51-38(47)27-19-11-4-12-20-27)28(49-35)21-48-36(45)25-15-7-2-8-16-25/h1-20,22-23,28,30-31,35H,21H2,(H,39,40,42,44)/t28-,30+,31+,35+/m0/s1. The lowest BCUT2D eigenvalue weighted by atomic mass is 10.1. The van der Waals surface area contributed by atoms with Gasteiger partial charge in [-0.3, -0.25) is 14.2 Å². The zero-order valence-electron chi connectivity index (χ0n) is 26.8. The highest BCUT2D eigenvalue weighted by Gasteiger charge is 2.50. The monoisotopic (exact) mass is 699 g/mol. The van der Waals surface area contributed by atoms with Gasteiger partial charge in [0.05, 0.1) is 22.7 Å². The van der Waals surface area contributed by atoms with Gasteiger partial charge in [-0.1, -0.05) is 96.7 Å². The Balaban J connectivity index is 1.25. The van der Waals surface area contributed by atoms with Crippen LogP contribution < -0.4 is 5.32 Å². The van der Waals surface area contributed by atoms with E-state index in [1.165, 1.54) is 12.7 Å². The molecule has 4 aromatic carbocycles. The number of nitrogens with zero attached hydrogens (tertiary/aromatic N) is 4. The molecule has 13 heteroatoms. The topological polar surface area (TPSA) is 152 Å². The Kier molecular flexibility index (Phi) is 9.90. The highest BCUT2D eigenvalue weighted by Crippen LogP contribution is 2.42. The average Bonchev–Trinajstić information content (AvgIpc) is 3.76. The minimum Gasteiger partial charge on any atom is -0.459 e. The maximum absolute atomic E-state index is 13.7. The highest BCUT2D eigenvalue weighted by molar-refractivity contribution is 8.14. The van der Waals surface area contributed by atoms with E-state index in [-0.39, 0.29) is 34.3 Å². The normalized spacial score (nSPS) is 18.2. The molecule has 7 rings (SSSR count). The minimum absolute atomic E-state index is 0.155. The molecule has 254 valence electrons. The van der Waals surface area contributed by atoms with E-state index in [0.717, 1.165) is 11.8 Å². The first-order valence-electron chi connectivity index (χ1n) is 15.9. The van der Waals surface area contributed by atoms with Gasteiger partial charge in [-0.2, -0.15) is 0 Å². The zero-order chi connectivity index (χ0) is 35.2. The first-order valence-corrected chi connectivity index (χ1v) is 16.8. The number of thioether (sulfide) groups is 1. The van der Waals surface area contributed by atoms with E-state index in [2.05, 4.69) is 20.3 Å². The van der Waals surface area contributed by atoms with Gasteiger partial charge in [-0.25, -0.2) is 24.5 Å². The first kappa shape index (κ1) is 33.3. The van der Waals surface area contributed by atoms with Crippen molar-refractivity contribution in [2.45, 2.75) is 23.7 Å². The third-order valence-corrected chi connectivity index (χ3v) is 9.37. The van der Waals surface area contributed by atoms with E-state index in [1.807, 2.05) is 0 Å². The maximum Gasteiger partial charge on any atom is 0.338 e. The molecule has 0 unspecified atom stereocenters. The van der Waals surface area contributed by atoms with E-state index < -0.39 is 41.5 Å². The molecule has 1 aliphatic heterocycles. The second-order valence-corrected chi connectivity index (χ2v) is 12.5. The summed E-state index contributed by atoms with van der Waals surface area (Å²) in [7, 11) is 0. The lowest BCUT2D eigenvalue weighted by Crippen LogP contribution is -2.36. The van der Waals surface area contributed by atoms with Crippen LogP contribution in [0.2, 0.25) is 0 Å². The fourth-order valence-corrected chi connectivity index (χ4v) is 6.72. The molecule has 0 saturated carbocycles. The van der Waals surface area contributed by atoms with Crippen LogP contribution in [-0.4, -0.2) is 66.5 Å². The summed E-state index contributed by atoms with van der Waals surface area (Å²) < 4.78 is 20.0. The van der Waals surface area contributed by atoms with Crippen LogP contribution in [0, 0.1) is 0 Å². The number of rotatable bonds is 10. The SMILES string of the molecule is O=C(Nc1ncnc2c1ncn2[C@@H]1O[C@@H](COC(=O)c2ccccc2)[C@@H](SC(=O)c2ccccc2)[C@H]1OC(=O)c1ccccc1)c1ccccc1. The number of carbonyl (C=O) groups is 4. The van der Waals surface area contributed by atoms with Crippen LogP contribution in [0.25, 0.3) is 11.2 Å². The van der Waals surface area contributed by atoms with E-state index in [1.54, 1.807) is 126 Å². The average molecular weight is 700 g/mol. The maximum atomic E-state index is 13.7. The van der Waals surface area contributed by atoms with Crippen molar-refractivity contribution < 1.29 is 33.4 Å². The number of benzene rings is 4. The van der Waals surface area contributed by atoms with Gasteiger partial charge in [0.25, 0.3) is 5.91 Å². The lowest BCUT2D eigenvalue weighted by molar-refractivity contribution is -0.0594. The summed E-state index contributed by atoms with van der Waals surface area (Å²) in [5.41, 5.74) is 2.00. The molecule has 1 aliphatic rings. The Bertz CT molecular complexity index is 2170. The molecule has 1 fully saturated rings. The fraction of sp³-hybridized carbons (Fsp3) is 0.132. The van der Waals surface area contributed by atoms with Crippen LogP contribution in [0.4, 0.5) is 5.82 Å². The van der Waals surface area contributed by atoms with Crippen molar-refractivity contribution in [1.29, 1.82) is 0 Å². The molecule has 0 radical (unpaired) electrons. The number of fused-ring (bicyclic) bond motifs is 1. The zero-order valence-corrected chi connectivity index (χ0v) is 27.6. The van der Waals surface area contributed by atoms with Crippen molar-refractivity contribution in [2.24, 2.45) is 0 Å². The Morgan fingerprint density at radius 3 is 1.90 bits per heavy atom. The second-order valence-electron chi connectivity index (χ2n) is 11.4. The molecule has 1 N–H and O–H groups in total. The van der Waals surface area contributed by atoms with Crippen LogP contribution in [0.15, 0.2) is 134 Å². The summed E-state index contributed by atoms with van der Waals surface area (Å²) in [6, 6.07) is 34.2. The summed E-state index contributed by atoms with van der Waals surface area (Å²) in [4.78, 5) is 66.4. The molecule has 1 amide bonds. The van der Waals surface area contributed by atoms with E-state index >= 15 is 0 Å². The molecule has 0 bridgehead atoms. The second kappa shape index (κ2) is 15.2. The predicted octanol–water partition coefficient (Wildman–Crippen LogP) is 6.00. The van der Waals surface area contributed by atoms with Crippen LogP contribution in [0.5, 0.6) is 0 Å². The fourth-order valence-electron chi connectivity index (χ4n) is 5.58. The van der Waals surface area contributed by atoms with Crippen molar-refractivity contribution in [2.75, 3.05) is 11.9 Å². The Morgan fingerprint density at radius 1 is 0.706 bits per heavy atom. The molecule has 1 saturated heterocycles. The molecular formula is C38H29N5O7S. The van der Waals surface area contributed by atoms with Crippen molar-refractivity contribution in [3.8, 4) is 0 Å². The van der Waals surface area contributed by atoms with Crippen molar-refractivity contribution >= 4 is 51.7 Å². The third-order valence-electron chi connectivity index (χ3n) is 8.08. The van der Waals surface area contributed by atoms with E-state index in [4.69, 9.17) is 14.2 Å². The van der Waals surface area contributed by atoms with Crippen LogP contribution in [0.1, 0.15) is 47.7 Å². The van der Waals surface area contributed by atoms with Gasteiger partial charge in [0.15, 0.2) is 29.3 Å². The van der Waals surface area contributed by atoms with Gasteiger partial charge in [0.2, 0.25) is 5.12 Å². The number of ether oxygens (including phenoxy) is 3. The first-order chi connectivity index (χ1) is 25.0. The number of anilines is 1. The van der Waals surface area contributed by atoms with E-state index in [9.17, 15) is 19.2 Å². The van der Waals surface area contributed by atoms with E-state index in [0.29, 0.717) is 16.7 Å². The van der Waals surface area contributed by atoms with Crippen LogP contribution in [0.3, 0.4) is 0 Å². The summed E-state index contributed by atoms with van der Waals surface area (Å²) in [6.07, 6.45) is -0.414. The largest absolute Gasteiger partial charge is 0.459 e. The molecule has 12 nitrogen and oxygen atoms in total. The Hall–Kier alpha value is -6.18. The number of imidazole rings is 1. The van der Waals surface area contributed by atoms with Crippen molar-refractivity contribution in [3.63, 3.8) is 0 Å². The summed E-state index contributed by atoms with van der Waals surface area (Å²) in [6.45, 7) is -0.261.